The number of carbonyl (C=O) groups excluding carboxylic acids is 1. The van der Waals surface area contributed by atoms with E-state index in [0.717, 1.165) is 5.69 Å². The first kappa shape index (κ1) is 13.4. The summed E-state index contributed by atoms with van der Waals surface area (Å²) < 4.78 is 6.49. The van der Waals surface area contributed by atoms with Crippen LogP contribution in [0.1, 0.15) is 31.4 Å². The molecule has 19 heavy (non-hydrogen) atoms. The van der Waals surface area contributed by atoms with Crippen molar-refractivity contribution in [2.75, 3.05) is 7.11 Å². The summed E-state index contributed by atoms with van der Waals surface area (Å²) in [6, 6.07) is 3.37. The van der Waals surface area contributed by atoms with E-state index in [2.05, 4.69) is 0 Å². The van der Waals surface area contributed by atoms with E-state index in [1.807, 2.05) is 0 Å². The topological polar surface area (TPSA) is 68.5 Å². The van der Waals surface area contributed by atoms with Gasteiger partial charge in [0.15, 0.2) is 0 Å². The molecule has 0 aliphatic rings. The molecule has 0 fully saturated rings. The van der Waals surface area contributed by atoms with Crippen molar-refractivity contribution >= 4 is 23.3 Å². The molecule has 0 aliphatic carbocycles. The van der Waals surface area contributed by atoms with Gasteiger partial charge in [0.2, 0.25) is 0 Å². The molecule has 2 aromatic heterocycles. The third-order valence-corrected chi connectivity index (χ3v) is 3.80. The molecule has 1 N–H and O–H groups in total. The van der Waals surface area contributed by atoms with Crippen molar-refractivity contribution < 1.29 is 19.4 Å². The Labute approximate surface area is 114 Å². The van der Waals surface area contributed by atoms with E-state index in [9.17, 15) is 9.59 Å². The lowest BCUT2D eigenvalue weighted by Gasteiger charge is -2.09. The third kappa shape index (κ3) is 2.15. The van der Waals surface area contributed by atoms with Crippen LogP contribution in [0.5, 0.6) is 0 Å². The number of aromatic nitrogens is 1. The van der Waals surface area contributed by atoms with Crippen LogP contribution >= 0.6 is 11.3 Å². The number of hydrogen-bond donors (Lipinski definition) is 1. The number of carboxylic acid groups (broad SMARTS) is 1. The van der Waals surface area contributed by atoms with Crippen LogP contribution in [-0.2, 0) is 4.74 Å². The van der Waals surface area contributed by atoms with E-state index in [1.165, 1.54) is 18.4 Å². The largest absolute Gasteiger partial charge is 0.478 e. The molecule has 0 saturated heterocycles. The highest BCUT2D eigenvalue weighted by molar-refractivity contribution is 7.12. The van der Waals surface area contributed by atoms with E-state index >= 15 is 0 Å². The predicted octanol–water partition coefficient (Wildman–Crippen LogP) is 2.64. The molecule has 5 nitrogen and oxygen atoms in total. The maximum absolute atomic E-state index is 11.7. The summed E-state index contributed by atoms with van der Waals surface area (Å²) in [6.07, 6.45) is 0. The summed E-state index contributed by atoms with van der Waals surface area (Å²) in [6.45, 7) is 3.52. The molecule has 0 aliphatic heterocycles. The highest BCUT2D eigenvalue weighted by atomic mass is 32.1. The predicted molar refractivity (Wildman–Crippen MR) is 71.4 cm³/mol. The van der Waals surface area contributed by atoms with Crippen molar-refractivity contribution in [3.63, 3.8) is 0 Å². The highest BCUT2D eigenvalue weighted by Gasteiger charge is 2.21. The molecule has 0 saturated carbocycles. The number of ether oxygens (including phenoxy) is 1. The van der Waals surface area contributed by atoms with Gasteiger partial charge in [-0.05, 0) is 31.4 Å². The van der Waals surface area contributed by atoms with Crippen LogP contribution in [0.3, 0.4) is 0 Å². The smallest absolute Gasteiger partial charge is 0.350 e. The fraction of sp³-hybridized carbons (Fsp3) is 0.231. The van der Waals surface area contributed by atoms with Crippen LogP contribution in [0.25, 0.3) is 5.69 Å². The number of esters is 1. The van der Waals surface area contributed by atoms with Crippen LogP contribution in [-0.4, -0.2) is 28.7 Å². The zero-order valence-corrected chi connectivity index (χ0v) is 11.6. The van der Waals surface area contributed by atoms with Gasteiger partial charge >= 0.3 is 11.9 Å². The number of carbonyl (C=O) groups is 2. The normalized spacial score (nSPS) is 10.5. The molecule has 2 aromatic rings. The van der Waals surface area contributed by atoms with Crippen LogP contribution in [0, 0.1) is 13.8 Å². The number of hydrogen-bond acceptors (Lipinski definition) is 4. The van der Waals surface area contributed by atoms with E-state index in [-0.39, 0.29) is 5.56 Å². The first-order chi connectivity index (χ1) is 8.97. The van der Waals surface area contributed by atoms with Crippen LogP contribution in [0.2, 0.25) is 0 Å². The molecule has 0 spiro atoms. The molecule has 2 rings (SSSR count). The summed E-state index contributed by atoms with van der Waals surface area (Å²) in [5, 5.41) is 10.9. The number of rotatable bonds is 3. The van der Waals surface area contributed by atoms with Crippen LogP contribution in [0.4, 0.5) is 0 Å². The van der Waals surface area contributed by atoms with E-state index in [1.54, 1.807) is 35.9 Å². The SMILES string of the molecule is COC(=O)c1sccc1-n1c(C)cc(C(=O)O)c1C. The summed E-state index contributed by atoms with van der Waals surface area (Å²) in [5.41, 5.74) is 2.24. The Balaban J connectivity index is 2.63. The summed E-state index contributed by atoms with van der Waals surface area (Å²) in [7, 11) is 1.32. The van der Waals surface area contributed by atoms with Crippen molar-refractivity contribution in [3.05, 3.63) is 39.3 Å². The Morgan fingerprint density at radius 2 is 2.05 bits per heavy atom. The van der Waals surface area contributed by atoms with Crippen molar-refractivity contribution in [2.45, 2.75) is 13.8 Å². The van der Waals surface area contributed by atoms with Gasteiger partial charge in [-0.15, -0.1) is 11.3 Å². The number of methoxy groups -OCH3 is 1. The first-order valence-electron chi connectivity index (χ1n) is 5.55. The number of thiophene rings is 1. The van der Waals surface area contributed by atoms with Gasteiger partial charge in [-0.1, -0.05) is 0 Å². The Morgan fingerprint density at radius 1 is 1.37 bits per heavy atom. The molecule has 100 valence electrons. The van der Waals surface area contributed by atoms with E-state index < -0.39 is 11.9 Å². The number of nitrogens with zero attached hydrogens (tertiary/aromatic N) is 1. The third-order valence-electron chi connectivity index (χ3n) is 2.92. The summed E-state index contributed by atoms with van der Waals surface area (Å²) in [5.74, 6) is -1.40. The molecular formula is C13H13NO4S. The van der Waals surface area contributed by atoms with Gasteiger partial charge < -0.3 is 14.4 Å². The molecule has 0 amide bonds. The van der Waals surface area contributed by atoms with Gasteiger partial charge in [0.1, 0.15) is 4.88 Å². The van der Waals surface area contributed by atoms with Crippen molar-refractivity contribution in [1.82, 2.24) is 4.57 Å². The number of aryl methyl sites for hydroxylation is 1. The standard InChI is InChI=1S/C13H13NO4S/c1-7-6-9(12(15)16)8(2)14(7)10-4-5-19-11(10)13(17)18-3/h4-6H,1-3H3,(H,15,16). The monoisotopic (exact) mass is 279 g/mol. The average molecular weight is 279 g/mol. The van der Waals surface area contributed by atoms with Crippen LogP contribution in [0.15, 0.2) is 17.5 Å². The van der Waals surface area contributed by atoms with E-state index in [4.69, 9.17) is 9.84 Å². The van der Waals surface area contributed by atoms with Gasteiger partial charge in [0.25, 0.3) is 0 Å². The lowest BCUT2D eigenvalue weighted by molar-refractivity contribution is 0.0605. The molecule has 0 unspecified atom stereocenters. The minimum atomic E-state index is -0.978. The van der Waals surface area contributed by atoms with E-state index in [0.29, 0.717) is 16.3 Å². The lowest BCUT2D eigenvalue weighted by Crippen LogP contribution is -2.07. The second-order valence-corrected chi connectivity index (χ2v) is 4.97. The molecular weight excluding hydrogens is 266 g/mol. The van der Waals surface area contributed by atoms with Crippen LogP contribution < -0.4 is 0 Å². The zero-order valence-electron chi connectivity index (χ0n) is 10.8. The quantitative estimate of drug-likeness (QED) is 0.877. The van der Waals surface area contributed by atoms with Crippen molar-refractivity contribution in [1.29, 1.82) is 0 Å². The van der Waals surface area contributed by atoms with Crippen molar-refractivity contribution in [2.24, 2.45) is 0 Å². The summed E-state index contributed by atoms with van der Waals surface area (Å²) >= 11 is 1.27. The Kier molecular flexibility index (Phi) is 3.44. The molecule has 0 radical (unpaired) electrons. The minimum Gasteiger partial charge on any atom is -0.478 e. The maximum Gasteiger partial charge on any atom is 0.350 e. The second-order valence-electron chi connectivity index (χ2n) is 4.05. The van der Waals surface area contributed by atoms with Gasteiger partial charge in [-0.2, -0.15) is 0 Å². The molecule has 0 aromatic carbocycles. The average Bonchev–Trinajstić information content (AvgIpc) is 2.93. The molecule has 0 atom stereocenters. The minimum absolute atomic E-state index is 0.236. The lowest BCUT2D eigenvalue weighted by atomic mass is 10.2. The fourth-order valence-corrected chi connectivity index (χ4v) is 2.87. The Bertz CT molecular complexity index is 654. The Morgan fingerprint density at radius 3 is 2.58 bits per heavy atom. The summed E-state index contributed by atoms with van der Waals surface area (Å²) in [4.78, 5) is 23.3. The molecule has 2 heterocycles. The van der Waals surface area contributed by atoms with Gasteiger partial charge in [0, 0.05) is 11.4 Å². The second kappa shape index (κ2) is 4.89. The maximum atomic E-state index is 11.7. The number of aromatic carboxylic acids is 1. The van der Waals surface area contributed by atoms with Gasteiger partial charge in [-0.25, -0.2) is 9.59 Å². The Hall–Kier alpha value is -2.08. The molecule has 6 heteroatoms. The zero-order chi connectivity index (χ0) is 14.2. The van der Waals surface area contributed by atoms with Gasteiger partial charge in [-0.3, -0.25) is 0 Å². The highest BCUT2D eigenvalue weighted by Crippen LogP contribution is 2.27. The number of carboxylic acids is 1. The first-order valence-corrected chi connectivity index (χ1v) is 6.43. The van der Waals surface area contributed by atoms with Gasteiger partial charge in [0.05, 0.1) is 18.4 Å². The molecule has 0 bridgehead atoms. The van der Waals surface area contributed by atoms with Crippen molar-refractivity contribution in [3.8, 4) is 5.69 Å². The fourth-order valence-electron chi connectivity index (χ4n) is 2.07.